The van der Waals surface area contributed by atoms with Crippen LogP contribution in [0.2, 0.25) is 0 Å². The van der Waals surface area contributed by atoms with E-state index in [1.807, 2.05) is 26.8 Å². The first-order chi connectivity index (χ1) is 20.3. The van der Waals surface area contributed by atoms with Crippen molar-refractivity contribution >= 4 is 34.8 Å². The molecular formula is C33H43F2N3O6. The normalized spacial score (nSPS) is 26.2. The number of carbonyl (C=O) groups is 4. The summed E-state index contributed by atoms with van der Waals surface area (Å²) in [6, 6.07) is 3.48. The molecule has 0 unspecified atom stereocenters. The Kier molecular flexibility index (Phi) is 7.94. The molecule has 1 N–H and O–H groups in total. The molecule has 0 aromatic carbocycles. The zero-order valence-corrected chi connectivity index (χ0v) is 26.5. The average Bonchev–Trinajstić information content (AvgIpc) is 3.37. The minimum atomic E-state index is -2.65. The second-order valence-electron chi connectivity index (χ2n) is 14.8. The van der Waals surface area contributed by atoms with Crippen molar-refractivity contribution < 1.29 is 37.5 Å². The SMILES string of the molecule is CC(C)(C)c1cc(C2CCC(F)(F)CC2)nc2cc(C(=O)N3CCN(C(=O)[C@H]4CC[C@@](C)(C(=O)O)CC4)C(=O)C3(C)C)oc12. The van der Waals surface area contributed by atoms with E-state index in [2.05, 4.69) is 0 Å². The number of furan rings is 1. The van der Waals surface area contributed by atoms with E-state index in [1.165, 1.54) is 9.80 Å². The van der Waals surface area contributed by atoms with Crippen LogP contribution >= 0.6 is 0 Å². The topological polar surface area (TPSA) is 121 Å². The first-order valence-corrected chi connectivity index (χ1v) is 15.6. The maximum atomic E-state index is 13.9. The molecule has 1 saturated heterocycles. The molecule has 0 radical (unpaired) electrons. The predicted octanol–water partition coefficient (Wildman–Crippen LogP) is 6.29. The number of carboxylic acid groups (broad SMARTS) is 1. The zero-order chi connectivity index (χ0) is 32.4. The summed E-state index contributed by atoms with van der Waals surface area (Å²) in [5.74, 6) is -5.37. The van der Waals surface area contributed by atoms with E-state index in [0.29, 0.717) is 55.3 Å². The maximum Gasteiger partial charge on any atom is 0.309 e. The number of rotatable bonds is 4. The van der Waals surface area contributed by atoms with Crippen LogP contribution < -0.4 is 0 Å². The lowest BCUT2D eigenvalue weighted by Gasteiger charge is -2.46. The van der Waals surface area contributed by atoms with Gasteiger partial charge >= 0.3 is 5.97 Å². The van der Waals surface area contributed by atoms with E-state index >= 15 is 0 Å². The molecule has 0 spiro atoms. The van der Waals surface area contributed by atoms with Crippen molar-refractivity contribution in [2.24, 2.45) is 11.3 Å². The van der Waals surface area contributed by atoms with E-state index < -0.39 is 40.6 Å². The van der Waals surface area contributed by atoms with E-state index in [-0.39, 0.29) is 48.9 Å². The van der Waals surface area contributed by atoms with Crippen molar-refractivity contribution in [1.82, 2.24) is 14.8 Å². The molecule has 3 aliphatic rings. The number of imide groups is 1. The van der Waals surface area contributed by atoms with E-state index in [0.717, 1.165) is 5.56 Å². The van der Waals surface area contributed by atoms with E-state index in [9.17, 15) is 33.1 Å². The number of alkyl halides is 2. The van der Waals surface area contributed by atoms with Crippen LogP contribution in [0, 0.1) is 11.3 Å². The van der Waals surface area contributed by atoms with Gasteiger partial charge in [0.1, 0.15) is 11.1 Å². The van der Waals surface area contributed by atoms with Crippen molar-refractivity contribution in [3.05, 3.63) is 29.2 Å². The number of fused-ring (bicyclic) bond motifs is 1. The number of piperazine rings is 1. The van der Waals surface area contributed by atoms with Crippen LogP contribution in [0.4, 0.5) is 8.78 Å². The molecule has 5 rings (SSSR count). The van der Waals surface area contributed by atoms with Crippen LogP contribution in [0.5, 0.6) is 0 Å². The fraction of sp³-hybridized carbons (Fsp3) is 0.667. The third-order valence-electron chi connectivity index (χ3n) is 10.1. The first-order valence-electron chi connectivity index (χ1n) is 15.6. The average molecular weight is 616 g/mol. The Bertz CT molecular complexity index is 1490. The Morgan fingerprint density at radius 3 is 2.16 bits per heavy atom. The van der Waals surface area contributed by atoms with E-state index in [1.54, 1.807) is 26.8 Å². The van der Waals surface area contributed by atoms with Crippen LogP contribution in [0.1, 0.15) is 121 Å². The fourth-order valence-corrected chi connectivity index (χ4v) is 6.91. The van der Waals surface area contributed by atoms with Gasteiger partial charge in [0.25, 0.3) is 11.8 Å². The molecule has 3 heterocycles. The Morgan fingerprint density at radius 1 is 0.977 bits per heavy atom. The molecule has 0 bridgehead atoms. The minimum absolute atomic E-state index is 0.0196. The lowest BCUT2D eigenvalue weighted by molar-refractivity contribution is -0.161. The highest BCUT2D eigenvalue weighted by molar-refractivity contribution is 6.05. The standard InChI is InChI=1S/C33H43F2N3O6/c1-30(2,3)21-17-22(19-9-13-33(34,35)14-10-19)36-23-18-24(44-25(21)23)27(40)38-16-15-37(28(41)31(38,4)5)26(39)20-7-11-32(6,12-8-20)29(42)43/h17-20H,7-16H2,1-6H3,(H,42,43)/t20-,32+. The van der Waals surface area contributed by atoms with Gasteiger partial charge in [-0.3, -0.25) is 24.1 Å². The molecule has 0 atom stereocenters. The van der Waals surface area contributed by atoms with Gasteiger partial charge in [-0.05, 0) is 70.8 Å². The molecule has 11 heteroatoms. The molecule has 3 amide bonds. The first kappa shape index (κ1) is 32.0. The summed E-state index contributed by atoms with van der Waals surface area (Å²) in [6.07, 6.45) is 1.80. The minimum Gasteiger partial charge on any atom is -0.481 e. The largest absolute Gasteiger partial charge is 0.481 e. The maximum absolute atomic E-state index is 13.9. The van der Waals surface area contributed by atoms with Crippen LogP contribution in [0.25, 0.3) is 11.1 Å². The summed E-state index contributed by atoms with van der Waals surface area (Å²) < 4.78 is 33.8. The van der Waals surface area contributed by atoms with Gasteiger partial charge in [-0.2, -0.15) is 0 Å². The Morgan fingerprint density at radius 2 is 1.59 bits per heavy atom. The van der Waals surface area contributed by atoms with Gasteiger partial charge in [0.05, 0.1) is 5.41 Å². The van der Waals surface area contributed by atoms with Gasteiger partial charge < -0.3 is 14.4 Å². The molecule has 2 aliphatic carbocycles. The predicted molar refractivity (Wildman–Crippen MR) is 158 cm³/mol. The summed E-state index contributed by atoms with van der Waals surface area (Å²) in [4.78, 5) is 60.0. The van der Waals surface area contributed by atoms with Crippen molar-refractivity contribution in [2.75, 3.05) is 13.1 Å². The third kappa shape index (κ3) is 5.74. The summed E-state index contributed by atoms with van der Waals surface area (Å²) in [5, 5.41) is 9.52. The highest BCUT2D eigenvalue weighted by Crippen LogP contribution is 2.43. The second kappa shape index (κ2) is 10.9. The number of aliphatic carboxylic acids is 1. The summed E-state index contributed by atoms with van der Waals surface area (Å²) in [7, 11) is 0. The quantitative estimate of drug-likeness (QED) is 0.402. The van der Waals surface area contributed by atoms with Crippen molar-refractivity contribution in [1.29, 1.82) is 0 Å². The molecule has 2 saturated carbocycles. The van der Waals surface area contributed by atoms with Crippen molar-refractivity contribution in [2.45, 2.75) is 116 Å². The third-order valence-corrected chi connectivity index (χ3v) is 10.1. The molecule has 44 heavy (non-hydrogen) atoms. The van der Waals surface area contributed by atoms with Gasteiger partial charge in [-0.1, -0.05) is 20.8 Å². The van der Waals surface area contributed by atoms with Crippen molar-refractivity contribution in [3.63, 3.8) is 0 Å². The van der Waals surface area contributed by atoms with Gasteiger partial charge in [-0.25, -0.2) is 13.8 Å². The molecule has 2 aromatic heterocycles. The number of hydrogen-bond acceptors (Lipinski definition) is 6. The van der Waals surface area contributed by atoms with Crippen molar-refractivity contribution in [3.8, 4) is 0 Å². The number of nitrogens with zero attached hydrogens (tertiary/aromatic N) is 3. The molecule has 9 nitrogen and oxygen atoms in total. The summed E-state index contributed by atoms with van der Waals surface area (Å²) >= 11 is 0. The van der Waals surface area contributed by atoms with Gasteiger partial charge in [0, 0.05) is 55.1 Å². The molecular weight excluding hydrogens is 572 g/mol. The molecule has 1 aliphatic heterocycles. The fourth-order valence-electron chi connectivity index (χ4n) is 6.91. The van der Waals surface area contributed by atoms with Gasteiger partial charge in [-0.15, -0.1) is 0 Å². The Balaban J connectivity index is 1.37. The smallest absolute Gasteiger partial charge is 0.309 e. The Labute approximate surface area is 256 Å². The number of pyridine rings is 1. The number of amides is 3. The molecule has 3 fully saturated rings. The summed E-state index contributed by atoms with van der Waals surface area (Å²) in [5.41, 5.74) is -0.128. The number of carbonyl (C=O) groups excluding carboxylic acids is 3. The molecule has 240 valence electrons. The lowest BCUT2D eigenvalue weighted by atomic mass is 9.71. The lowest BCUT2D eigenvalue weighted by Crippen LogP contribution is -2.66. The van der Waals surface area contributed by atoms with Crippen LogP contribution in [0.3, 0.4) is 0 Å². The zero-order valence-electron chi connectivity index (χ0n) is 26.5. The van der Waals surface area contributed by atoms with Gasteiger partial charge in [0.15, 0.2) is 11.3 Å². The number of halogens is 2. The monoisotopic (exact) mass is 615 g/mol. The molecule has 2 aromatic rings. The van der Waals surface area contributed by atoms with Gasteiger partial charge in [0.2, 0.25) is 11.8 Å². The van der Waals surface area contributed by atoms with Crippen LogP contribution in [-0.4, -0.2) is 68.1 Å². The second-order valence-corrected chi connectivity index (χ2v) is 14.8. The number of aromatic nitrogens is 1. The number of hydrogen-bond donors (Lipinski definition) is 1. The Hall–Kier alpha value is -3.37. The van der Waals surface area contributed by atoms with E-state index in [4.69, 9.17) is 9.40 Å². The van der Waals surface area contributed by atoms with Crippen LogP contribution in [-0.2, 0) is 19.8 Å². The summed E-state index contributed by atoms with van der Waals surface area (Å²) in [6.45, 7) is 11.1. The highest BCUT2D eigenvalue weighted by atomic mass is 19.3. The van der Waals surface area contributed by atoms with Crippen LogP contribution in [0.15, 0.2) is 16.5 Å². The highest BCUT2D eigenvalue weighted by Gasteiger charge is 2.49. The number of carboxylic acids is 1.